The minimum absolute atomic E-state index is 0.229. The minimum atomic E-state index is -0.448. The third-order valence-electron chi connectivity index (χ3n) is 4.88. The topological polar surface area (TPSA) is 69.2 Å². The Kier molecular flexibility index (Phi) is 7.77. The average molecular weight is 382 g/mol. The summed E-state index contributed by atoms with van der Waals surface area (Å²) >= 11 is 0. The summed E-state index contributed by atoms with van der Waals surface area (Å²) in [7, 11) is 1.80. The molecule has 2 saturated heterocycles. The lowest BCUT2D eigenvalue weighted by Gasteiger charge is -2.40. The van der Waals surface area contributed by atoms with E-state index in [4.69, 9.17) is 4.74 Å². The summed E-state index contributed by atoms with van der Waals surface area (Å²) in [5.74, 6) is 2.21. The Labute approximate surface area is 164 Å². The minimum Gasteiger partial charge on any atom is -0.444 e. The third-order valence-corrected chi connectivity index (χ3v) is 4.88. The van der Waals surface area contributed by atoms with E-state index in [1.165, 1.54) is 25.9 Å². The van der Waals surface area contributed by atoms with Gasteiger partial charge in [0.15, 0.2) is 5.96 Å². The molecule has 2 fully saturated rings. The van der Waals surface area contributed by atoms with Crippen molar-refractivity contribution in [3.8, 4) is 0 Å². The standard InChI is InChI=1S/C20H39N5O2/c1-15(2)11-24-9-7-8-16(12-24)10-22-18(21-6)23-17-13-25(14-17)19(26)27-20(3,4)5/h15-17H,7-14H2,1-6H3,(H2,21,22,23). The molecule has 0 aromatic heterocycles. The number of piperidine rings is 1. The first kappa shape index (κ1) is 21.8. The van der Waals surface area contributed by atoms with Gasteiger partial charge in [-0.25, -0.2) is 4.79 Å². The maximum Gasteiger partial charge on any atom is 0.410 e. The fourth-order valence-corrected chi connectivity index (χ4v) is 3.67. The monoisotopic (exact) mass is 381 g/mol. The van der Waals surface area contributed by atoms with Crippen molar-refractivity contribution < 1.29 is 9.53 Å². The highest BCUT2D eigenvalue weighted by Crippen LogP contribution is 2.17. The average Bonchev–Trinajstić information content (AvgIpc) is 2.51. The van der Waals surface area contributed by atoms with Gasteiger partial charge in [0.2, 0.25) is 0 Å². The second-order valence-corrected chi connectivity index (χ2v) is 9.34. The van der Waals surface area contributed by atoms with Gasteiger partial charge in [-0.05, 0) is 52.0 Å². The molecule has 0 spiro atoms. The van der Waals surface area contributed by atoms with Crippen LogP contribution in [0, 0.1) is 11.8 Å². The number of hydrogen-bond acceptors (Lipinski definition) is 4. The lowest BCUT2D eigenvalue weighted by molar-refractivity contribution is 0.00700. The van der Waals surface area contributed by atoms with Gasteiger partial charge in [-0.3, -0.25) is 4.99 Å². The van der Waals surface area contributed by atoms with Crippen molar-refractivity contribution in [2.75, 3.05) is 46.3 Å². The van der Waals surface area contributed by atoms with Crippen LogP contribution in [0.2, 0.25) is 0 Å². The van der Waals surface area contributed by atoms with Gasteiger partial charge in [-0.1, -0.05) is 13.8 Å². The fourth-order valence-electron chi connectivity index (χ4n) is 3.67. The van der Waals surface area contributed by atoms with E-state index in [1.54, 1.807) is 11.9 Å². The molecule has 2 aliphatic heterocycles. The van der Waals surface area contributed by atoms with Gasteiger partial charge < -0.3 is 25.2 Å². The van der Waals surface area contributed by atoms with Crippen LogP contribution < -0.4 is 10.6 Å². The Morgan fingerprint density at radius 2 is 1.96 bits per heavy atom. The molecule has 156 valence electrons. The molecular formula is C20H39N5O2. The Morgan fingerprint density at radius 1 is 1.26 bits per heavy atom. The van der Waals surface area contributed by atoms with E-state index >= 15 is 0 Å². The molecule has 2 heterocycles. The van der Waals surface area contributed by atoms with Crippen LogP contribution in [-0.4, -0.2) is 79.8 Å². The molecule has 1 atom stereocenters. The molecule has 1 unspecified atom stereocenters. The summed E-state index contributed by atoms with van der Waals surface area (Å²) in [4.78, 5) is 20.7. The number of guanidine groups is 1. The zero-order valence-electron chi connectivity index (χ0n) is 18.0. The van der Waals surface area contributed by atoms with Crippen LogP contribution in [0.3, 0.4) is 0 Å². The molecule has 0 aromatic rings. The number of nitrogens with zero attached hydrogens (tertiary/aromatic N) is 3. The number of likely N-dealkylation sites (tertiary alicyclic amines) is 2. The molecule has 27 heavy (non-hydrogen) atoms. The summed E-state index contributed by atoms with van der Waals surface area (Å²) < 4.78 is 5.39. The zero-order valence-corrected chi connectivity index (χ0v) is 18.0. The van der Waals surface area contributed by atoms with Crippen LogP contribution in [0.5, 0.6) is 0 Å². The van der Waals surface area contributed by atoms with Crippen LogP contribution in [0.25, 0.3) is 0 Å². The molecule has 7 nitrogen and oxygen atoms in total. The van der Waals surface area contributed by atoms with Crippen molar-refractivity contribution in [3.05, 3.63) is 0 Å². The number of amides is 1. The number of rotatable bonds is 5. The summed E-state index contributed by atoms with van der Waals surface area (Å²) in [6, 6.07) is 0.229. The first-order chi connectivity index (χ1) is 12.7. The zero-order chi connectivity index (χ0) is 20.0. The molecule has 2 N–H and O–H groups in total. The van der Waals surface area contributed by atoms with Gasteiger partial charge in [0, 0.05) is 39.8 Å². The third kappa shape index (κ3) is 7.56. The van der Waals surface area contributed by atoms with Crippen molar-refractivity contribution in [1.82, 2.24) is 20.4 Å². The molecule has 0 radical (unpaired) electrons. The van der Waals surface area contributed by atoms with Crippen molar-refractivity contribution in [2.45, 2.75) is 59.1 Å². The second kappa shape index (κ2) is 9.62. The molecule has 1 amide bonds. The van der Waals surface area contributed by atoms with Gasteiger partial charge in [0.1, 0.15) is 5.60 Å². The molecule has 0 aliphatic carbocycles. The van der Waals surface area contributed by atoms with Crippen LogP contribution in [0.4, 0.5) is 4.79 Å². The van der Waals surface area contributed by atoms with Crippen molar-refractivity contribution >= 4 is 12.1 Å². The van der Waals surface area contributed by atoms with Crippen LogP contribution in [0.15, 0.2) is 4.99 Å². The SMILES string of the molecule is CN=C(NCC1CCCN(CC(C)C)C1)NC1CN(C(=O)OC(C)(C)C)C1. The van der Waals surface area contributed by atoms with E-state index in [2.05, 4.69) is 34.4 Å². The second-order valence-electron chi connectivity index (χ2n) is 9.34. The Morgan fingerprint density at radius 3 is 2.56 bits per heavy atom. The molecule has 0 aromatic carbocycles. The van der Waals surface area contributed by atoms with Crippen molar-refractivity contribution in [2.24, 2.45) is 16.8 Å². The lowest BCUT2D eigenvalue weighted by Crippen LogP contribution is -2.63. The van der Waals surface area contributed by atoms with Gasteiger partial charge in [0.05, 0.1) is 6.04 Å². The Bertz CT molecular complexity index is 509. The fraction of sp³-hybridized carbons (Fsp3) is 0.900. The van der Waals surface area contributed by atoms with Gasteiger partial charge >= 0.3 is 6.09 Å². The normalized spacial score (nSPS) is 22.6. The van der Waals surface area contributed by atoms with E-state index in [-0.39, 0.29) is 12.1 Å². The van der Waals surface area contributed by atoms with Crippen molar-refractivity contribution in [1.29, 1.82) is 0 Å². The highest BCUT2D eigenvalue weighted by atomic mass is 16.6. The molecular weight excluding hydrogens is 342 g/mol. The predicted octanol–water partition coefficient (Wildman–Crippen LogP) is 2.14. The molecule has 0 saturated carbocycles. The molecule has 2 rings (SSSR count). The molecule has 2 aliphatic rings. The predicted molar refractivity (Wildman–Crippen MR) is 110 cm³/mol. The van der Waals surface area contributed by atoms with E-state index in [0.29, 0.717) is 19.0 Å². The number of aliphatic imine (C=N–C) groups is 1. The lowest BCUT2D eigenvalue weighted by atomic mass is 9.97. The number of nitrogens with one attached hydrogen (secondary N) is 2. The van der Waals surface area contributed by atoms with Crippen molar-refractivity contribution in [3.63, 3.8) is 0 Å². The number of carbonyl (C=O) groups excluding carboxylic acids is 1. The number of hydrogen-bond donors (Lipinski definition) is 2. The van der Waals surface area contributed by atoms with Crippen LogP contribution >= 0.6 is 0 Å². The van der Waals surface area contributed by atoms with E-state index in [9.17, 15) is 4.79 Å². The highest BCUT2D eigenvalue weighted by molar-refractivity contribution is 5.80. The van der Waals surface area contributed by atoms with Gasteiger partial charge in [0.25, 0.3) is 0 Å². The number of carbonyl (C=O) groups is 1. The van der Waals surface area contributed by atoms with Crippen LogP contribution in [-0.2, 0) is 4.74 Å². The highest BCUT2D eigenvalue weighted by Gasteiger charge is 2.34. The maximum absolute atomic E-state index is 12.0. The van der Waals surface area contributed by atoms with E-state index < -0.39 is 5.60 Å². The summed E-state index contributed by atoms with van der Waals surface area (Å²) in [5.41, 5.74) is -0.448. The first-order valence-electron chi connectivity index (χ1n) is 10.3. The largest absolute Gasteiger partial charge is 0.444 e. The smallest absolute Gasteiger partial charge is 0.410 e. The van der Waals surface area contributed by atoms with Crippen LogP contribution in [0.1, 0.15) is 47.5 Å². The Hall–Kier alpha value is -1.50. The van der Waals surface area contributed by atoms with Gasteiger partial charge in [-0.15, -0.1) is 0 Å². The summed E-state index contributed by atoms with van der Waals surface area (Å²) in [6.07, 6.45) is 2.31. The maximum atomic E-state index is 12.0. The summed E-state index contributed by atoms with van der Waals surface area (Å²) in [5, 5.41) is 6.88. The molecule has 7 heteroatoms. The summed E-state index contributed by atoms with van der Waals surface area (Å²) in [6.45, 7) is 16.1. The van der Waals surface area contributed by atoms with E-state index in [0.717, 1.165) is 25.0 Å². The van der Waals surface area contributed by atoms with Gasteiger partial charge in [-0.2, -0.15) is 0 Å². The molecule has 0 bridgehead atoms. The van der Waals surface area contributed by atoms with E-state index in [1.807, 2.05) is 20.8 Å². The quantitative estimate of drug-likeness (QED) is 0.564. The first-order valence-corrected chi connectivity index (χ1v) is 10.3. The number of ether oxygens (including phenoxy) is 1. The Balaban J connectivity index is 1.68.